The van der Waals surface area contributed by atoms with E-state index in [9.17, 15) is 4.79 Å². The minimum absolute atomic E-state index is 0.224. The van der Waals surface area contributed by atoms with E-state index in [2.05, 4.69) is 15.3 Å². The van der Waals surface area contributed by atoms with Crippen LogP contribution in [-0.4, -0.2) is 46.3 Å². The molecule has 2 aromatic carbocycles. The molecule has 5 rings (SSSR count). The van der Waals surface area contributed by atoms with Crippen molar-refractivity contribution in [1.82, 2.24) is 9.97 Å². The summed E-state index contributed by atoms with van der Waals surface area (Å²) in [5.74, 6) is 1.01. The van der Waals surface area contributed by atoms with Crippen LogP contribution in [0.5, 0.6) is 11.5 Å². The first kappa shape index (κ1) is 23.4. The number of carbonyl (C=O) groups is 1. The van der Waals surface area contributed by atoms with Crippen molar-refractivity contribution in [1.29, 1.82) is 0 Å². The number of rotatable bonds is 6. The van der Waals surface area contributed by atoms with Crippen LogP contribution >= 0.6 is 23.4 Å². The van der Waals surface area contributed by atoms with Crippen molar-refractivity contribution < 1.29 is 14.3 Å². The minimum atomic E-state index is -0.541. The SMILES string of the molecule is COC[C@]1(C)Nc2c(cnc3[nH]cc(C(=O)c4ccc(Oc5ccccc5)cc4Cl)c23)N=C1SC. The Labute approximate surface area is 211 Å². The summed E-state index contributed by atoms with van der Waals surface area (Å²) in [6, 6.07) is 14.4. The second kappa shape index (κ2) is 9.37. The largest absolute Gasteiger partial charge is 0.457 e. The molecule has 7 nitrogen and oxygen atoms in total. The number of pyridine rings is 1. The van der Waals surface area contributed by atoms with Gasteiger partial charge in [-0.15, -0.1) is 11.8 Å². The summed E-state index contributed by atoms with van der Waals surface area (Å²) >= 11 is 8.09. The van der Waals surface area contributed by atoms with Crippen molar-refractivity contribution in [3.63, 3.8) is 0 Å². The van der Waals surface area contributed by atoms with Gasteiger partial charge in [0.1, 0.15) is 33.4 Å². The number of aliphatic imine (C=N–C) groups is 1. The standard InChI is InChI=1S/C26H23ClN4O3S/c1-26(14-33-2)25(35-3)30-20-13-29-24-21(22(20)31-26)18(12-28-24)23(32)17-10-9-16(11-19(17)27)34-15-7-5-4-6-8-15/h4-13,31H,14H2,1-3H3,(H,28,29)/t26-/m0/s1. The predicted molar refractivity (Wildman–Crippen MR) is 142 cm³/mol. The molecule has 0 amide bonds. The molecule has 178 valence electrons. The van der Waals surface area contributed by atoms with Crippen molar-refractivity contribution in [2.75, 3.05) is 25.3 Å². The minimum Gasteiger partial charge on any atom is -0.457 e. The van der Waals surface area contributed by atoms with Crippen LogP contribution in [0.1, 0.15) is 22.8 Å². The lowest BCUT2D eigenvalue weighted by molar-refractivity contribution is 0.104. The maximum atomic E-state index is 13.6. The Morgan fingerprint density at radius 3 is 2.66 bits per heavy atom. The fourth-order valence-electron chi connectivity index (χ4n) is 4.21. The molecule has 1 aliphatic heterocycles. The Hall–Kier alpha value is -3.33. The van der Waals surface area contributed by atoms with E-state index in [-0.39, 0.29) is 5.78 Å². The highest BCUT2D eigenvalue weighted by Gasteiger charge is 2.36. The molecule has 2 aromatic heterocycles. The molecule has 1 atom stereocenters. The molecule has 0 spiro atoms. The van der Waals surface area contributed by atoms with E-state index in [1.54, 1.807) is 49.5 Å². The van der Waals surface area contributed by atoms with Gasteiger partial charge in [-0.3, -0.25) is 4.79 Å². The van der Waals surface area contributed by atoms with E-state index in [1.165, 1.54) is 0 Å². The number of H-pyrrole nitrogens is 1. The van der Waals surface area contributed by atoms with Crippen LogP contribution in [0.15, 0.2) is 65.9 Å². The number of anilines is 1. The number of ether oxygens (including phenoxy) is 2. The Balaban J connectivity index is 1.54. The summed E-state index contributed by atoms with van der Waals surface area (Å²) in [6.07, 6.45) is 5.33. The molecule has 9 heteroatoms. The quantitative estimate of drug-likeness (QED) is 0.292. The molecule has 0 saturated carbocycles. The van der Waals surface area contributed by atoms with Gasteiger partial charge >= 0.3 is 0 Å². The number of thioether (sulfide) groups is 1. The van der Waals surface area contributed by atoms with Gasteiger partial charge in [0.05, 0.1) is 34.5 Å². The highest BCUT2D eigenvalue weighted by Crippen LogP contribution is 2.42. The van der Waals surface area contributed by atoms with Crippen molar-refractivity contribution >= 4 is 56.6 Å². The molecule has 0 aliphatic carbocycles. The van der Waals surface area contributed by atoms with Crippen LogP contribution in [0.25, 0.3) is 11.0 Å². The first-order valence-electron chi connectivity index (χ1n) is 10.9. The number of carbonyl (C=O) groups excluding carboxylic acids is 1. The number of nitrogens with one attached hydrogen (secondary N) is 2. The number of methoxy groups -OCH3 is 1. The normalized spacial score (nSPS) is 17.0. The number of aromatic amines is 1. The Morgan fingerprint density at radius 2 is 1.94 bits per heavy atom. The molecule has 0 fully saturated rings. The number of aromatic nitrogens is 2. The number of hydrogen-bond donors (Lipinski definition) is 2. The molecular weight excluding hydrogens is 484 g/mol. The van der Waals surface area contributed by atoms with Gasteiger partial charge in [-0.2, -0.15) is 0 Å². The first-order chi connectivity index (χ1) is 16.9. The van der Waals surface area contributed by atoms with Gasteiger partial charge < -0.3 is 19.8 Å². The van der Waals surface area contributed by atoms with E-state index in [4.69, 9.17) is 26.1 Å². The molecule has 0 radical (unpaired) electrons. The summed E-state index contributed by atoms with van der Waals surface area (Å²) in [7, 11) is 1.65. The summed E-state index contributed by atoms with van der Waals surface area (Å²) in [4.78, 5) is 26.1. The number of hydrogen-bond acceptors (Lipinski definition) is 7. The van der Waals surface area contributed by atoms with Crippen LogP contribution in [0.2, 0.25) is 5.02 Å². The van der Waals surface area contributed by atoms with Crippen molar-refractivity contribution in [3.05, 3.63) is 77.1 Å². The summed E-state index contributed by atoms with van der Waals surface area (Å²) in [5, 5.41) is 5.41. The third-order valence-electron chi connectivity index (χ3n) is 5.81. The zero-order valence-corrected chi connectivity index (χ0v) is 21.0. The Kier molecular flexibility index (Phi) is 6.27. The zero-order chi connectivity index (χ0) is 24.6. The first-order valence-corrected chi connectivity index (χ1v) is 12.5. The topological polar surface area (TPSA) is 88.6 Å². The fourth-order valence-corrected chi connectivity index (χ4v) is 5.22. The summed E-state index contributed by atoms with van der Waals surface area (Å²) in [5.41, 5.74) is 2.27. The third-order valence-corrected chi connectivity index (χ3v) is 7.05. The van der Waals surface area contributed by atoms with Crippen LogP contribution in [0.3, 0.4) is 0 Å². The number of fused-ring (bicyclic) bond motifs is 3. The van der Waals surface area contributed by atoms with Crippen molar-refractivity contribution in [2.24, 2.45) is 4.99 Å². The summed E-state index contributed by atoms with van der Waals surface area (Å²) in [6.45, 7) is 2.44. The number of ketones is 1. The van der Waals surface area contributed by atoms with Gasteiger partial charge in [0.25, 0.3) is 0 Å². The van der Waals surface area contributed by atoms with E-state index in [0.29, 0.717) is 51.0 Å². The third kappa shape index (κ3) is 4.29. The van der Waals surface area contributed by atoms with Crippen LogP contribution in [0.4, 0.5) is 11.4 Å². The maximum absolute atomic E-state index is 13.6. The smallest absolute Gasteiger partial charge is 0.196 e. The van der Waals surface area contributed by atoms with E-state index >= 15 is 0 Å². The number of halogens is 1. The van der Waals surface area contributed by atoms with Gasteiger partial charge in [0.2, 0.25) is 0 Å². The lowest BCUT2D eigenvalue weighted by Crippen LogP contribution is -2.47. The van der Waals surface area contributed by atoms with E-state index in [0.717, 1.165) is 10.7 Å². The van der Waals surface area contributed by atoms with Gasteiger partial charge in [0, 0.05) is 24.9 Å². The molecule has 4 aromatic rings. The second-order valence-electron chi connectivity index (χ2n) is 8.34. The number of benzene rings is 2. The number of para-hydroxylation sites is 1. The number of nitrogens with zero attached hydrogens (tertiary/aromatic N) is 2. The van der Waals surface area contributed by atoms with Crippen LogP contribution in [0, 0.1) is 0 Å². The van der Waals surface area contributed by atoms with Gasteiger partial charge in [-0.1, -0.05) is 29.8 Å². The predicted octanol–water partition coefficient (Wildman–Crippen LogP) is 6.46. The molecule has 1 aliphatic rings. The average Bonchev–Trinajstić information content (AvgIpc) is 3.29. The molecular formula is C26H23ClN4O3S. The van der Waals surface area contributed by atoms with Crippen molar-refractivity contribution in [3.8, 4) is 11.5 Å². The van der Waals surface area contributed by atoms with Crippen LogP contribution < -0.4 is 10.1 Å². The molecule has 0 bridgehead atoms. The van der Waals surface area contributed by atoms with E-state index < -0.39 is 5.54 Å². The van der Waals surface area contributed by atoms with Gasteiger partial charge in [-0.05, 0) is 37.4 Å². The average molecular weight is 507 g/mol. The second-order valence-corrected chi connectivity index (χ2v) is 9.54. The molecule has 0 unspecified atom stereocenters. The Morgan fingerprint density at radius 1 is 1.14 bits per heavy atom. The monoisotopic (exact) mass is 506 g/mol. The molecule has 0 saturated heterocycles. The lowest BCUT2D eigenvalue weighted by atomic mass is 9.98. The highest BCUT2D eigenvalue weighted by molar-refractivity contribution is 8.13. The molecule has 3 heterocycles. The van der Waals surface area contributed by atoms with Crippen LogP contribution in [-0.2, 0) is 4.74 Å². The zero-order valence-electron chi connectivity index (χ0n) is 19.4. The van der Waals surface area contributed by atoms with Gasteiger partial charge in [0.15, 0.2) is 5.78 Å². The maximum Gasteiger partial charge on any atom is 0.196 e. The van der Waals surface area contributed by atoms with Crippen molar-refractivity contribution in [2.45, 2.75) is 12.5 Å². The molecule has 35 heavy (non-hydrogen) atoms. The summed E-state index contributed by atoms with van der Waals surface area (Å²) < 4.78 is 11.3. The Bertz CT molecular complexity index is 1450. The lowest BCUT2D eigenvalue weighted by Gasteiger charge is -2.35. The highest BCUT2D eigenvalue weighted by atomic mass is 35.5. The molecule has 2 N–H and O–H groups in total. The van der Waals surface area contributed by atoms with E-state index in [1.807, 2.05) is 43.5 Å². The fraction of sp³-hybridized carbons (Fsp3) is 0.192. The van der Waals surface area contributed by atoms with Gasteiger partial charge in [-0.25, -0.2) is 9.98 Å².